The fourth-order valence-electron chi connectivity index (χ4n) is 4.73. The zero-order valence-corrected chi connectivity index (χ0v) is 19.3. The number of carbonyl (C=O) groups is 1. The number of piperidine rings is 1. The van der Waals surface area contributed by atoms with Gasteiger partial charge in [-0.1, -0.05) is 39.7 Å². The van der Waals surface area contributed by atoms with Crippen LogP contribution in [0.4, 0.5) is 11.4 Å². The first-order valence-corrected chi connectivity index (χ1v) is 12.3. The van der Waals surface area contributed by atoms with Gasteiger partial charge in [0.05, 0.1) is 12.1 Å². The van der Waals surface area contributed by atoms with Crippen molar-refractivity contribution < 1.29 is 22.8 Å². The molecule has 3 heterocycles. The highest BCUT2D eigenvalue weighted by Crippen LogP contribution is 2.44. The third kappa shape index (κ3) is 3.76. The Bertz CT molecular complexity index is 1210. The van der Waals surface area contributed by atoms with E-state index in [4.69, 9.17) is 9.26 Å². The molecule has 0 radical (unpaired) electrons. The van der Waals surface area contributed by atoms with E-state index in [0.717, 1.165) is 5.69 Å². The van der Waals surface area contributed by atoms with E-state index in [9.17, 15) is 13.6 Å². The molecule has 1 atom stereocenters. The molecule has 9 heteroatoms. The Kier molecular flexibility index (Phi) is 5.35. The van der Waals surface area contributed by atoms with Gasteiger partial charge in [-0.05, 0) is 31.2 Å². The number of amides is 1. The number of rotatable bonds is 3. The summed E-state index contributed by atoms with van der Waals surface area (Å²) in [6.07, 6.45) is 0.965. The lowest BCUT2D eigenvalue weighted by atomic mass is 9.88. The van der Waals surface area contributed by atoms with E-state index in [1.807, 2.05) is 54.6 Å². The van der Waals surface area contributed by atoms with Gasteiger partial charge in [-0.25, -0.2) is 0 Å². The van der Waals surface area contributed by atoms with E-state index in [1.54, 1.807) is 18.7 Å². The third-order valence-corrected chi connectivity index (χ3v) is 8.51. The first kappa shape index (κ1) is 21.8. The molecule has 172 valence electrons. The van der Waals surface area contributed by atoms with Crippen molar-refractivity contribution in [3.63, 3.8) is 0 Å². The second kappa shape index (κ2) is 8.09. The van der Waals surface area contributed by atoms with E-state index in [-0.39, 0.29) is 36.1 Å². The van der Waals surface area contributed by atoms with Gasteiger partial charge in [0.1, 0.15) is 17.0 Å². The number of aromatic nitrogens is 1. The fraction of sp³-hybridized carbons (Fsp3) is 0.333. The molecule has 0 N–H and O–H groups in total. The number of fused-ring (bicyclic) bond motifs is 1. The number of aryl methyl sites for hydroxylation is 2. The average Bonchev–Trinajstić information content (AvgIpc) is 3.08. The van der Waals surface area contributed by atoms with E-state index in [2.05, 4.69) is 5.16 Å². The minimum atomic E-state index is -3.75. The predicted molar refractivity (Wildman–Crippen MR) is 122 cm³/mol. The Hall–Kier alpha value is -3.01. The Morgan fingerprint density at radius 3 is 2.36 bits per heavy atom. The van der Waals surface area contributed by atoms with Crippen molar-refractivity contribution in [3.05, 3.63) is 66.1 Å². The van der Waals surface area contributed by atoms with Crippen LogP contribution in [-0.4, -0.2) is 38.6 Å². The maximum atomic E-state index is 13.5. The van der Waals surface area contributed by atoms with Gasteiger partial charge in [-0.3, -0.25) is 9.69 Å². The molecule has 1 spiro atoms. The number of para-hydroxylation sites is 3. The molecule has 2 aromatic carbocycles. The SMILES string of the molecule is Cc1noc(C)c1[S+](=O)([O-])N1CCC2(CC1)CC(=O)N(c1ccccc1)c1ccccc1O2. The van der Waals surface area contributed by atoms with Crippen molar-refractivity contribution in [2.24, 2.45) is 0 Å². The van der Waals surface area contributed by atoms with Gasteiger partial charge in [0.25, 0.3) is 0 Å². The number of hydrogen-bond donors (Lipinski definition) is 0. The minimum Gasteiger partial charge on any atom is -0.593 e. The van der Waals surface area contributed by atoms with Gasteiger partial charge >= 0.3 is 0 Å². The summed E-state index contributed by atoms with van der Waals surface area (Å²) in [6.45, 7) is 3.71. The van der Waals surface area contributed by atoms with Crippen LogP contribution in [0.3, 0.4) is 0 Å². The van der Waals surface area contributed by atoms with Gasteiger partial charge in [0, 0.05) is 38.5 Å². The lowest BCUT2D eigenvalue weighted by Gasteiger charge is -2.40. The van der Waals surface area contributed by atoms with Crippen LogP contribution in [0, 0.1) is 13.8 Å². The van der Waals surface area contributed by atoms with Crippen molar-refractivity contribution in [2.75, 3.05) is 18.0 Å². The Morgan fingerprint density at radius 2 is 1.70 bits per heavy atom. The first-order chi connectivity index (χ1) is 15.8. The zero-order valence-electron chi connectivity index (χ0n) is 18.5. The van der Waals surface area contributed by atoms with Gasteiger partial charge < -0.3 is 13.8 Å². The molecule has 33 heavy (non-hydrogen) atoms. The smallest absolute Gasteiger partial charge is 0.240 e. The van der Waals surface area contributed by atoms with E-state index in [0.29, 0.717) is 30.0 Å². The van der Waals surface area contributed by atoms with E-state index >= 15 is 0 Å². The van der Waals surface area contributed by atoms with Crippen LogP contribution >= 0.6 is 0 Å². The maximum Gasteiger partial charge on any atom is 0.240 e. The van der Waals surface area contributed by atoms with Crippen molar-refractivity contribution in [2.45, 2.75) is 43.6 Å². The minimum absolute atomic E-state index is 0.0758. The molecule has 1 amide bonds. The highest BCUT2D eigenvalue weighted by Gasteiger charge is 2.48. The number of ether oxygens (including phenoxy) is 1. The summed E-state index contributed by atoms with van der Waals surface area (Å²) in [5.74, 6) is 0.823. The standard InChI is InChI=1S/C24H25N3O5S/c1-17-23(18(2)32-25-17)33(29,30)26-14-12-24(13-15-26)16-22(28)27(19-8-4-3-5-9-19)20-10-6-7-11-21(20)31-24/h3-11H,12-16H2,1-2H3. The molecule has 0 bridgehead atoms. The van der Waals surface area contributed by atoms with Gasteiger partial charge in [0.2, 0.25) is 10.8 Å². The van der Waals surface area contributed by atoms with Crippen LogP contribution in [0.25, 0.3) is 0 Å². The lowest BCUT2D eigenvalue weighted by Crippen LogP contribution is -2.52. The molecule has 0 saturated carbocycles. The third-order valence-electron chi connectivity index (χ3n) is 6.37. The van der Waals surface area contributed by atoms with Crippen LogP contribution in [0.1, 0.15) is 30.7 Å². The predicted octanol–water partition coefficient (Wildman–Crippen LogP) is 4.18. The Labute approximate surface area is 193 Å². The lowest BCUT2D eigenvalue weighted by molar-refractivity contribution is -0.122. The molecular weight excluding hydrogens is 442 g/mol. The van der Waals surface area contributed by atoms with Crippen molar-refractivity contribution >= 4 is 27.7 Å². The van der Waals surface area contributed by atoms with Crippen molar-refractivity contribution in [1.82, 2.24) is 9.46 Å². The van der Waals surface area contributed by atoms with Gasteiger partial charge in [-0.15, -0.1) is 4.31 Å². The summed E-state index contributed by atoms with van der Waals surface area (Å²) in [4.78, 5) is 15.3. The van der Waals surface area contributed by atoms with Crippen molar-refractivity contribution in [3.8, 4) is 5.75 Å². The highest BCUT2D eigenvalue weighted by molar-refractivity contribution is 7.95. The molecule has 1 saturated heterocycles. The Balaban J connectivity index is 1.44. The molecule has 3 aromatic rings. The molecule has 0 aliphatic carbocycles. The van der Waals surface area contributed by atoms with Crippen LogP contribution in [0.15, 0.2) is 64.0 Å². The topological polar surface area (TPSA) is 98.9 Å². The summed E-state index contributed by atoms with van der Waals surface area (Å²) in [5.41, 5.74) is 1.04. The number of carbonyl (C=O) groups excluding carboxylic acids is 1. The molecule has 5 rings (SSSR count). The number of benzene rings is 2. The Morgan fingerprint density at radius 1 is 1.03 bits per heavy atom. The van der Waals surface area contributed by atoms with Crippen molar-refractivity contribution in [1.29, 1.82) is 0 Å². The average molecular weight is 468 g/mol. The maximum absolute atomic E-state index is 13.5. The number of anilines is 2. The molecule has 1 fully saturated rings. The molecule has 1 unspecified atom stereocenters. The molecule has 1 aromatic heterocycles. The normalized spacial score (nSPS) is 20.1. The quantitative estimate of drug-likeness (QED) is 0.536. The first-order valence-electron chi connectivity index (χ1n) is 10.9. The fourth-order valence-corrected chi connectivity index (χ4v) is 6.46. The second-order valence-electron chi connectivity index (χ2n) is 8.55. The molecule has 2 aliphatic heterocycles. The summed E-state index contributed by atoms with van der Waals surface area (Å²) in [5, 5.41) is 3.79. The van der Waals surface area contributed by atoms with E-state index in [1.165, 1.54) is 4.31 Å². The summed E-state index contributed by atoms with van der Waals surface area (Å²) >= 11 is 0. The number of hydrogen-bond acceptors (Lipinski definition) is 6. The van der Waals surface area contributed by atoms with Gasteiger partial charge in [0.15, 0.2) is 16.2 Å². The summed E-state index contributed by atoms with van der Waals surface area (Å²) in [7, 11) is -3.75. The molecule has 2 aliphatic rings. The van der Waals surface area contributed by atoms with Crippen LogP contribution < -0.4 is 9.64 Å². The zero-order chi connectivity index (χ0) is 23.2. The summed E-state index contributed by atoms with van der Waals surface area (Å²) in [6, 6.07) is 17.0. The summed E-state index contributed by atoms with van der Waals surface area (Å²) < 4.78 is 39.5. The van der Waals surface area contributed by atoms with Gasteiger partial charge in [-0.2, -0.15) is 0 Å². The van der Waals surface area contributed by atoms with E-state index < -0.39 is 16.0 Å². The van der Waals surface area contributed by atoms with Crippen LogP contribution in [0.5, 0.6) is 5.75 Å². The highest BCUT2D eigenvalue weighted by atomic mass is 32.3. The monoisotopic (exact) mass is 467 g/mol. The number of sulfonamides is 1. The van der Waals surface area contributed by atoms with Crippen LogP contribution in [0.2, 0.25) is 0 Å². The molecular formula is C24H25N3O5S. The van der Waals surface area contributed by atoms with Crippen LogP contribution in [-0.2, 0) is 19.4 Å². The molecule has 8 nitrogen and oxygen atoms in total. The number of nitrogens with zero attached hydrogens (tertiary/aromatic N) is 3. The second-order valence-corrected chi connectivity index (χ2v) is 10.4. The largest absolute Gasteiger partial charge is 0.593 e.